The van der Waals surface area contributed by atoms with Gasteiger partial charge in [0.2, 0.25) is 0 Å². The lowest BCUT2D eigenvalue weighted by molar-refractivity contribution is -0.123. The highest BCUT2D eigenvalue weighted by Crippen LogP contribution is 2.37. The number of nitrogens with one attached hydrogen (secondary N) is 1. The maximum absolute atomic E-state index is 13.5. The van der Waals surface area contributed by atoms with Crippen LogP contribution in [0.2, 0.25) is 0 Å². The maximum Gasteiger partial charge on any atom is 0.267 e. The Kier molecular flexibility index (Phi) is 5.82. The molecule has 1 N–H and O–H groups in total. The third kappa shape index (κ3) is 4.22. The number of amides is 1. The van der Waals surface area contributed by atoms with E-state index in [9.17, 15) is 18.0 Å². The van der Waals surface area contributed by atoms with Gasteiger partial charge in [-0.25, -0.2) is 13.4 Å². The van der Waals surface area contributed by atoms with Crippen LogP contribution >= 0.6 is 24.0 Å². The number of anilines is 1. The molecule has 3 aliphatic rings. The smallest absolute Gasteiger partial charge is 0.267 e. The first-order chi connectivity index (χ1) is 15.7. The first-order valence-electron chi connectivity index (χ1n) is 11.0. The third-order valence-electron chi connectivity index (χ3n) is 6.45. The molecule has 1 saturated carbocycles. The van der Waals surface area contributed by atoms with Gasteiger partial charge in [-0.2, -0.15) is 0 Å². The predicted octanol–water partition coefficient (Wildman–Crippen LogP) is 2.75. The minimum absolute atomic E-state index is 0.0541. The van der Waals surface area contributed by atoms with Crippen LogP contribution in [0, 0.1) is 6.92 Å². The monoisotopic (exact) mass is 504 g/mol. The van der Waals surface area contributed by atoms with Gasteiger partial charge >= 0.3 is 0 Å². The summed E-state index contributed by atoms with van der Waals surface area (Å²) in [5.41, 5.74) is 1.50. The number of aromatic nitrogens is 2. The van der Waals surface area contributed by atoms with Gasteiger partial charge in [0.15, 0.2) is 9.84 Å². The fraction of sp³-hybridized carbons (Fsp3) is 0.455. The highest BCUT2D eigenvalue weighted by atomic mass is 32.2. The molecule has 2 aromatic heterocycles. The molecule has 2 saturated heterocycles. The Labute approximate surface area is 201 Å². The lowest BCUT2D eigenvalue weighted by Crippen LogP contribution is -2.39. The van der Waals surface area contributed by atoms with E-state index in [2.05, 4.69) is 5.32 Å². The van der Waals surface area contributed by atoms with E-state index in [0.717, 1.165) is 43.0 Å². The first-order valence-corrected chi connectivity index (χ1v) is 14.0. The van der Waals surface area contributed by atoms with E-state index in [1.54, 1.807) is 18.3 Å². The summed E-state index contributed by atoms with van der Waals surface area (Å²) in [6.45, 7) is 1.90. The van der Waals surface area contributed by atoms with Crippen molar-refractivity contribution in [2.24, 2.45) is 0 Å². The van der Waals surface area contributed by atoms with Gasteiger partial charge in [0.05, 0.1) is 28.0 Å². The lowest BCUT2D eigenvalue weighted by atomic mass is 10.2. The molecule has 4 heterocycles. The van der Waals surface area contributed by atoms with Gasteiger partial charge in [-0.1, -0.05) is 42.9 Å². The number of thiocarbonyl (C=S) groups is 1. The number of carbonyl (C=O) groups is 1. The Bertz CT molecular complexity index is 1360. The number of pyridine rings is 1. The van der Waals surface area contributed by atoms with Gasteiger partial charge < -0.3 is 5.32 Å². The number of hydrogen-bond donors (Lipinski definition) is 1. The van der Waals surface area contributed by atoms with E-state index in [1.165, 1.54) is 9.30 Å². The zero-order valence-corrected chi connectivity index (χ0v) is 20.6. The topological polar surface area (TPSA) is 101 Å². The van der Waals surface area contributed by atoms with Gasteiger partial charge in [-0.05, 0) is 43.9 Å². The Morgan fingerprint density at radius 3 is 2.70 bits per heavy atom. The predicted molar refractivity (Wildman–Crippen MR) is 134 cm³/mol. The van der Waals surface area contributed by atoms with E-state index in [0.29, 0.717) is 32.7 Å². The minimum atomic E-state index is -3.17. The second kappa shape index (κ2) is 8.52. The molecule has 174 valence electrons. The van der Waals surface area contributed by atoms with Crippen molar-refractivity contribution in [1.29, 1.82) is 0 Å². The molecule has 0 aromatic carbocycles. The molecule has 8 nitrogen and oxygen atoms in total. The van der Waals surface area contributed by atoms with Crippen LogP contribution < -0.4 is 10.9 Å². The lowest BCUT2D eigenvalue weighted by Gasteiger charge is -2.21. The summed E-state index contributed by atoms with van der Waals surface area (Å²) < 4.78 is 25.7. The third-order valence-corrected chi connectivity index (χ3v) is 9.53. The van der Waals surface area contributed by atoms with Crippen molar-refractivity contribution in [3.05, 3.63) is 44.7 Å². The molecule has 1 unspecified atom stereocenters. The van der Waals surface area contributed by atoms with Gasteiger partial charge in [0.1, 0.15) is 15.8 Å². The number of carbonyl (C=O) groups excluding carboxylic acids is 1. The Balaban J connectivity index is 1.57. The number of aryl methyl sites for hydroxylation is 1. The van der Waals surface area contributed by atoms with Crippen LogP contribution in [0.15, 0.2) is 28.0 Å². The number of fused-ring (bicyclic) bond motifs is 1. The summed E-state index contributed by atoms with van der Waals surface area (Å²) in [6, 6.07) is 3.47. The summed E-state index contributed by atoms with van der Waals surface area (Å²) in [5.74, 6) is 0.0849. The number of hydrogen-bond acceptors (Lipinski definition) is 8. The summed E-state index contributed by atoms with van der Waals surface area (Å²) >= 11 is 6.52. The molecule has 0 spiro atoms. The molecular weight excluding hydrogens is 480 g/mol. The van der Waals surface area contributed by atoms with Gasteiger partial charge in [-0.15, -0.1) is 0 Å². The zero-order chi connectivity index (χ0) is 23.3. The van der Waals surface area contributed by atoms with Crippen molar-refractivity contribution in [2.45, 2.75) is 51.1 Å². The minimum Gasteiger partial charge on any atom is -0.367 e. The zero-order valence-electron chi connectivity index (χ0n) is 18.1. The van der Waals surface area contributed by atoms with Crippen molar-refractivity contribution >= 4 is 61.6 Å². The number of thioether (sulfide) groups is 1. The number of nitrogens with zero attached hydrogens (tertiary/aromatic N) is 3. The van der Waals surface area contributed by atoms with Crippen LogP contribution in [-0.2, 0) is 14.6 Å². The number of sulfone groups is 1. The van der Waals surface area contributed by atoms with Crippen LogP contribution in [0.5, 0.6) is 0 Å². The average Bonchev–Trinajstić information content (AvgIpc) is 3.46. The van der Waals surface area contributed by atoms with Crippen molar-refractivity contribution < 1.29 is 13.2 Å². The SMILES string of the molecule is Cc1cccn2c(=O)c(/C=C3/SC(=S)N(C4CCS(=O)(=O)C4)C3=O)c(NC3CCCC3)nc12. The largest absolute Gasteiger partial charge is 0.367 e. The van der Waals surface area contributed by atoms with Crippen LogP contribution in [-0.4, -0.2) is 56.5 Å². The Hall–Kier alpha value is -2.24. The van der Waals surface area contributed by atoms with Gasteiger partial charge in [0, 0.05) is 12.2 Å². The highest BCUT2D eigenvalue weighted by Gasteiger charge is 2.42. The van der Waals surface area contributed by atoms with Crippen molar-refractivity contribution in [2.75, 3.05) is 16.8 Å². The molecule has 3 fully saturated rings. The van der Waals surface area contributed by atoms with E-state index >= 15 is 0 Å². The van der Waals surface area contributed by atoms with Gasteiger partial charge in [0.25, 0.3) is 11.5 Å². The van der Waals surface area contributed by atoms with E-state index in [-0.39, 0.29) is 29.0 Å². The molecule has 0 radical (unpaired) electrons. The number of rotatable bonds is 4. The molecular formula is C22H24N4O4S3. The summed E-state index contributed by atoms with van der Waals surface area (Å²) in [6.07, 6.45) is 7.87. The van der Waals surface area contributed by atoms with Crippen molar-refractivity contribution in [3.63, 3.8) is 0 Å². The molecule has 1 amide bonds. The van der Waals surface area contributed by atoms with Crippen LogP contribution in [0.25, 0.3) is 11.7 Å². The normalized spacial score (nSPS) is 24.5. The van der Waals surface area contributed by atoms with Crippen LogP contribution in [0.3, 0.4) is 0 Å². The average molecular weight is 505 g/mol. The molecule has 0 bridgehead atoms. The molecule has 1 aliphatic carbocycles. The fourth-order valence-corrected chi connectivity index (χ4v) is 7.80. The van der Waals surface area contributed by atoms with Crippen LogP contribution in [0.1, 0.15) is 43.2 Å². The second-order valence-electron chi connectivity index (χ2n) is 8.80. The van der Waals surface area contributed by atoms with Crippen molar-refractivity contribution in [3.8, 4) is 0 Å². The molecule has 11 heteroatoms. The van der Waals surface area contributed by atoms with Crippen LogP contribution in [0.4, 0.5) is 5.82 Å². The van der Waals surface area contributed by atoms with E-state index in [1.807, 2.05) is 13.0 Å². The molecule has 5 rings (SSSR count). The van der Waals surface area contributed by atoms with E-state index < -0.39 is 15.9 Å². The summed E-state index contributed by atoms with van der Waals surface area (Å²) in [7, 11) is -3.17. The highest BCUT2D eigenvalue weighted by molar-refractivity contribution is 8.26. The Morgan fingerprint density at radius 2 is 2.00 bits per heavy atom. The molecule has 1 atom stereocenters. The molecule has 2 aromatic rings. The van der Waals surface area contributed by atoms with Crippen molar-refractivity contribution in [1.82, 2.24) is 14.3 Å². The molecule has 2 aliphatic heterocycles. The van der Waals surface area contributed by atoms with Gasteiger partial charge in [-0.3, -0.25) is 18.9 Å². The fourth-order valence-electron chi connectivity index (χ4n) is 4.72. The second-order valence-corrected chi connectivity index (χ2v) is 12.7. The first kappa shape index (κ1) is 22.5. The molecule has 33 heavy (non-hydrogen) atoms. The Morgan fingerprint density at radius 1 is 1.24 bits per heavy atom. The maximum atomic E-state index is 13.5. The summed E-state index contributed by atoms with van der Waals surface area (Å²) in [4.78, 5) is 33.1. The summed E-state index contributed by atoms with van der Waals surface area (Å²) in [5, 5.41) is 3.43. The quantitative estimate of drug-likeness (QED) is 0.501. The van der Waals surface area contributed by atoms with E-state index in [4.69, 9.17) is 17.2 Å². The standard InChI is InChI=1S/C22H24N4O4S3/c1-13-5-4-9-25-19(13)24-18(23-14-6-2-3-7-14)16(20(25)27)11-17-21(28)26(22(31)32-17)15-8-10-33(29,30)12-15/h4-5,9,11,14-15,23H,2-3,6-8,10,12H2,1H3/b17-11+.